The minimum atomic E-state index is -3.16. The Balaban J connectivity index is 2.90. The van der Waals surface area contributed by atoms with Crippen molar-refractivity contribution in [1.29, 1.82) is 0 Å². The number of benzene rings is 1. The zero-order valence-corrected chi connectivity index (χ0v) is 9.45. The van der Waals surface area contributed by atoms with Crippen molar-refractivity contribution >= 4 is 23.3 Å². The average Bonchev–Trinajstić information content (AvgIpc) is 2.35. The monoisotopic (exact) mass is 261 g/mol. The normalized spacial score (nSPS) is 12.2. The van der Waals surface area contributed by atoms with E-state index in [-0.39, 0.29) is 5.88 Å². The first-order chi connectivity index (χ1) is 8.06. The van der Waals surface area contributed by atoms with Crippen LogP contribution in [0.5, 0.6) is 0 Å². The third-order valence-corrected chi connectivity index (χ3v) is 2.33. The van der Waals surface area contributed by atoms with Crippen molar-refractivity contribution in [2.75, 3.05) is 5.88 Å². The van der Waals surface area contributed by atoms with E-state index in [2.05, 4.69) is 0 Å². The summed E-state index contributed by atoms with van der Waals surface area (Å²) >= 11 is 5.37. The maximum atomic E-state index is 12.1. The molecule has 1 aromatic rings. The van der Waals surface area contributed by atoms with Gasteiger partial charge in [-0.3, -0.25) is 9.59 Å². The largest absolute Gasteiger partial charge is 0.337 e. The van der Waals surface area contributed by atoms with Gasteiger partial charge in [-0.2, -0.15) is 8.78 Å². The molecule has 17 heavy (non-hydrogen) atoms. The predicted molar refractivity (Wildman–Crippen MR) is 59.1 cm³/mol. The Morgan fingerprint density at radius 3 is 2.29 bits per heavy atom. The first-order valence-corrected chi connectivity index (χ1v) is 5.32. The van der Waals surface area contributed by atoms with Gasteiger partial charge in [0.05, 0.1) is 5.88 Å². The molecule has 0 saturated carbocycles. The van der Waals surface area contributed by atoms with E-state index in [9.17, 15) is 18.4 Å². The Bertz CT molecular complexity index is 398. The molecule has 1 rings (SSSR count). The van der Waals surface area contributed by atoms with Crippen molar-refractivity contribution in [1.82, 2.24) is 5.32 Å². The van der Waals surface area contributed by atoms with Crippen molar-refractivity contribution in [2.45, 2.75) is 12.5 Å². The second-order valence-corrected chi connectivity index (χ2v) is 3.52. The molecule has 0 heterocycles. The highest BCUT2D eigenvalue weighted by Gasteiger charge is 2.25. The lowest BCUT2D eigenvalue weighted by atomic mass is 10.0. The van der Waals surface area contributed by atoms with E-state index in [0.29, 0.717) is 5.56 Å². The van der Waals surface area contributed by atoms with Crippen LogP contribution in [-0.2, 0) is 9.59 Å². The summed E-state index contributed by atoms with van der Waals surface area (Å²) in [5, 5.41) is 1.96. The minimum Gasteiger partial charge on any atom is -0.337 e. The molecule has 0 spiro atoms. The van der Waals surface area contributed by atoms with Crippen LogP contribution in [0.3, 0.4) is 0 Å². The lowest BCUT2D eigenvalue weighted by molar-refractivity contribution is -0.135. The Hall–Kier alpha value is -1.49. The molecular weight excluding hydrogens is 252 g/mol. The van der Waals surface area contributed by atoms with Crippen molar-refractivity contribution in [3.63, 3.8) is 0 Å². The van der Waals surface area contributed by atoms with E-state index >= 15 is 0 Å². The van der Waals surface area contributed by atoms with E-state index < -0.39 is 24.2 Å². The summed E-state index contributed by atoms with van der Waals surface area (Å²) in [6, 6.07) is 6.97. The molecule has 1 atom stereocenters. The van der Waals surface area contributed by atoms with Gasteiger partial charge in [-0.05, 0) is 5.56 Å². The fourth-order valence-corrected chi connectivity index (χ4v) is 1.43. The van der Waals surface area contributed by atoms with E-state index in [1.807, 2.05) is 5.32 Å². The number of carbonyl (C=O) groups excluding carboxylic acids is 2. The van der Waals surface area contributed by atoms with Crippen LogP contribution in [0.4, 0.5) is 8.78 Å². The summed E-state index contributed by atoms with van der Waals surface area (Å²) in [6.07, 6.45) is -3.16. The van der Waals surface area contributed by atoms with Gasteiger partial charge >= 0.3 is 6.43 Å². The second kappa shape index (κ2) is 6.30. The van der Waals surface area contributed by atoms with Gasteiger partial charge in [0.25, 0.3) is 5.91 Å². The van der Waals surface area contributed by atoms with Gasteiger partial charge in [-0.15, -0.1) is 11.6 Å². The first-order valence-electron chi connectivity index (χ1n) is 4.78. The number of nitrogens with one attached hydrogen (secondary N) is 1. The van der Waals surface area contributed by atoms with Crippen molar-refractivity contribution in [2.24, 2.45) is 0 Å². The number of hydrogen-bond donors (Lipinski definition) is 1. The molecular formula is C11H10ClF2NO2. The topological polar surface area (TPSA) is 46.2 Å². The van der Waals surface area contributed by atoms with Crippen molar-refractivity contribution < 1.29 is 18.4 Å². The lowest BCUT2D eigenvalue weighted by Gasteiger charge is -2.16. The van der Waals surface area contributed by atoms with Gasteiger partial charge in [-0.25, -0.2) is 0 Å². The Labute approximate surface area is 102 Å². The molecule has 1 aromatic carbocycles. The maximum Gasteiger partial charge on any atom is 0.315 e. The van der Waals surface area contributed by atoms with Crippen LogP contribution in [0.2, 0.25) is 0 Å². The number of alkyl halides is 3. The summed E-state index contributed by atoms with van der Waals surface area (Å²) in [5.41, 5.74) is 0.423. The molecule has 0 aliphatic rings. The Morgan fingerprint density at radius 2 is 1.82 bits per heavy atom. The molecule has 3 nitrogen and oxygen atoms in total. The third kappa shape index (κ3) is 3.78. The number of rotatable bonds is 5. The molecule has 0 bridgehead atoms. The van der Waals surface area contributed by atoms with Gasteiger partial charge in [-0.1, -0.05) is 30.3 Å². The number of ketones is 1. The summed E-state index contributed by atoms with van der Waals surface area (Å²) < 4.78 is 24.2. The SMILES string of the molecule is O=C(NC(C(=O)CCl)c1ccccc1)C(F)F. The van der Waals surface area contributed by atoms with Crippen LogP contribution in [0, 0.1) is 0 Å². The first kappa shape index (κ1) is 13.6. The Kier molecular flexibility index (Phi) is 5.03. The molecule has 0 aromatic heterocycles. The zero-order valence-electron chi connectivity index (χ0n) is 8.70. The second-order valence-electron chi connectivity index (χ2n) is 3.25. The zero-order chi connectivity index (χ0) is 12.8. The number of amides is 1. The molecule has 0 aliphatic carbocycles. The molecule has 92 valence electrons. The van der Waals surface area contributed by atoms with E-state index in [4.69, 9.17) is 11.6 Å². The summed E-state index contributed by atoms with van der Waals surface area (Å²) in [6.45, 7) is 0. The number of carbonyl (C=O) groups is 2. The number of Topliss-reactive ketones (excluding diaryl/α,β-unsaturated/α-hetero) is 1. The maximum absolute atomic E-state index is 12.1. The van der Waals surface area contributed by atoms with Gasteiger partial charge in [0.2, 0.25) is 0 Å². The highest BCUT2D eigenvalue weighted by Crippen LogP contribution is 2.15. The number of halogens is 3. The van der Waals surface area contributed by atoms with Crippen LogP contribution in [-0.4, -0.2) is 24.0 Å². The van der Waals surface area contributed by atoms with Crippen LogP contribution in [0.1, 0.15) is 11.6 Å². The molecule has 1 unspecified atom stereocenters. The number of hydrogen-bond acceptors (Lipinski definition) is 2. The quantitative estimate of drug-likeness (QED) is 0.823. The van der Waals surface area contributed by atoms with Crippen molar-refractivity contribution in [3.05, 3.63) is 35.9 Å². The summed E-state index contributed by atoms with van der Waals surface area (Å²) in [5.74, 6) is -2.38. The average molecular weight is 262 g/mol. The van der Waals surface area contributed by atoms with E-state index in [0.717, 1.165) is 0 Å². The summed E-state index contributed by atoms with van der Waals surface area (Å²) in [4.78, 5) is 22.4. The summed E-state index contributed by atoms with van der Waals surface area (Å²) in [7, 11) is 0. The van der Waals surface area contributed by atoms with Crippen LogP contribution in [0.15, 0.2) is 30.3 Å². The van der Waals surface area contributed by atoms with Crippen LogP contribution >= 0.6 is 11.6 Å². The smallest absolute Gasteiger partial charge is 0.315 e. The van der Waals surface area contributed by atoms with Gasteiger partial charge in [0.1, 0.15) is 6.04 Å². The lowest BCUT2D eigenvalue weighted by Crippen LogP contribution is -2.37. The Morgan fingerprint density at radius 1 is 1.24 bits per heavy atom. The predicted octanol–water partition coefficient (Wildman–Crippen LogP) is 1.92. The standard InChI is InChI=1S/C11H10ClF2NO2/c12-6-8(16)9(15-11(17)10(13)14)7-4-2-1-3-5-7/h1-5,9-10H,6H2,(H,15,17). The highest BCUT2D eigenvalue weighted by molar-refractivity contribution is 6.28. The van der Waals surface area contributed by atoms with Gasteiger partial charge < -0.3 is 5.32 Å². The van der Waals surface area contributed by atoms with Crippen LogP contribution in [0.25, 0.3) is 0 Å². The van der Waals surface area contributed by atoms with Crippen LogP contribution < -0.4 is 5.32 Å². The molecule has 1 N–H and O–H groups in total. The molecule has 1 amide bonds. The molecule has 0 radical (unpaired) electrons. The van der Waals surface area contributed by atoms with Gasteiger partial charge in [0.15, 0.2) is 5.78 Å². The van der Waals surface area contributed by atoms with E-state index in [1.165, 1.54) is 0 Å². The van der Waals surface area contributed by atoms with E-state index in [1.54, 1.807) is 30.3 Å². The minimum absolute atomic E-state index is 0.358. The van der Waals surface area contributed by atoms with Gasteiger partial charge in [0, 0.05) is 0 Å². The molecule has 0 aliphatic heterocycles. The third-order valence-electron chi connectivity index (χ3n) is 2.07. The fourth-order valence-electron chi connectivity index (χ4n) is 1.28. The fraction of sp³-hybridized carbons (Fsp3) is 0.273. The molecule has 0 fully saturated rings. The molecule has 6 heteroatoms. The highest BCUT2D eigenvalue weighted by atomic mass is 35.5. The molecule has 0 saturated heterocycles. The van der Waals surface area contributed by atoms with Crippen molar-refractivity contribution in [3.8, 4) is 0 Å².